The van der Waals surface area contributed by atoms with Crippen LogP contribution in [0.1, 0.15) is 27.2 Å². The lowest BCUT2D eigenvalue weighted by Crippen LogP contribution is -2.32. The average Bonchev–Trinajstić information content (AvgIpc) is 2.55. The zero-order chi connectivity index (χ0) is 19.2. The zero-order valence-corrected chi connectivity index (χ0v) is 19.3. The highest BCUT2D eigenvalue weighted by Crippen LogP contribution is 2.49. The van der Waals surface area contributed by atoms with Crippen LogP contribution in [0.5, 0.6) is 0 Å². The van der Waals surface area contributed by atoms with Gasteiger partial charge in [-0.05, 0) is 27.2 Å². The molecular weight excluding hydrogens is 483 g/mol. The summed E-state index contributed by atoms with van der Waals surface area (Å²) in [5, 5.41) is 9.07. The van der Waals surface area contributed by atoms with Crippen LogP contribution in [0.4, 0.5) is 0 Å². The largest absolute Gasteiger partial charge is 0.396 e. The molecule has 0 saturated heterocycles. The molecule has 0 aromatic heterocycles. The van der Waals surface area contributed by atoms with Crippen molar-refractivity contribution in [3.63, 3.8) is 0 Å². The summed E-state index contributed by atoms with van der Waals surface area (Å²) in [6, 6.07) is 0. The monoisotopic (exact) mass is 515 g/mol. The van der Waals surface area contributed by atoms with E-state index >= 15 is 0 Å². The number of aliphatic hydroxyl groups excluding tert-OH is 1. The topological polar surface area (TPSA) is 94.5 Å². The Morgan fingerprint density at radius 2 is 1.28 bits per heavy atom. The molecule has 0 bridgehead atoms. The van der Waals surface area contributed by atoms with Crippen LogP contribution in [0.2, 0.25) is 0 Å². The minimum Gasteiger partial charge on any atom is -0.396 e. The summed E-state index contributed by atoms with van der Waals surface area (Å²) >= 11 is 1.99. The minimum absolute atomic E-state index is 0.0540. The van der Waals surface area contributed by atoms with Gasteiger partial charge >= 0.3 is 15.2 Å². The van der Waals surface area contributed by atoms with Gasteiger partial charge in [-0.2, -0.15) is 0 Å². The van der Waals surface area contributed by atoms with E-state index in [-0.39, 0.29) is 23.5 Å². The van der Waals surface area contributed by atoms with Crippen LogP contribution in [0.3, 0.4) is 0 Å². The maximum Gasteiger partial charge on any atom is 0.332 e. The SMILES string of the molecule is CCOP(=O)(CCN(CCCO)CCP(=O)(OCC)OCI)OCC. The summed E-state index contributed by atoms with van der Waals surface area (Å²) in [7, 11) is -6.27. The number of halogens is 1. The third-order valence-corrected chi connectivity index (χ3v) is 8.01. The van der Waals surface area contributed by atoms with Gasteiger partial charge in [-0.25, -0.2) is 0 Å². The van der Waals surface area contributed by atoms with Gasteiger partial charge in [0.15, 0.2) is 0 Å². The van der Waals surface area contributed by atoms with Gasteiger partial charge in [0.1, 0.15) is 4.61 Å². The van der Waals surface area contributed by atoms with E-state index in [2.05, 4.69) is 0 Å². The van der Waals surface area contributed by atoms with E-state index in [1.165, 1.54) is 0 Å². The molecule has 0 aromatic carbocycles. The van der Waals surface area contributed by atoms with Crippen molar-refractivity contribution in [3.05, 3.63) is 0 Å². The molecule has 11 heteroatoms. The molecule has 25 heavy (non-hydrogen) atoms. The summed E-state index contributed by atoms with van der Waals surface area (Å²) in [5.74, 6) is 0. The summed E-state index contributed by atoms with van der Waals surface area (Å²) in [6.07, 6.45) is 1.05. The molecule has 0 rings (SSSR count). The molecule has 0 heterocycles. The molecular formula is C14H32INO7P2. The van der Waals surface area contributed by atoms with Crippen LogP contribution in [-0.4, -0.2) is 73.0 Å². The second kappa shape index (κ2) is 14.9. The van der Waals surface area contributed by atoms with E-state index in [0.717, 1.165) is 0 Å². The van der Waals surface area contributed by atoms with Gasteiger partial charge in [-0.3, -0.25) is 13.7 Å². The highest BCUT2D eigenvalue weighted by Gasteiger charge is 2.27. The van der Waals surface area contributed by atoms with Crippen LogP contribution in [0, 0.1) is 0 Å². The van der Waals surface area contributed by atoms with E-state index in [4.69, 9.17) is 23.2 Å². The van der Waals surface area contributed by atoms with Crippen molar-refractivity contribution in [2.75, 3.05) is 63.0 Å². The molecule has 152 valence electrons. The van der Waals surface area contributed by atoms with Crippen molar-refractivity contribution < 1.29 is 32.3 Å². The van der Waals surface area contributed by atoms with Crippen molar-refractivity contribution in [2.24, 2.45) is 0 Å². The van der Waals surface area contributed by atoms with E-state index < -0.39 is 15.2 Å². The highest BCUT2D eigenvalue weighted by atomic mass is 127. The first-order valence-corrected chi connectivity index (χ1v) is 13.5. The molecule has 0 spiro atoms. The molecule has 0 aliphatic heterocycles. The van der Waals surface area contributed by atoms with Crippen molar-refractivity contribution in [1.82, 2.24) is 4.90 Å². The van der Waals surface area contributed by atoms with Crippen molar-refractivity contribution in [3.8, 4) is 0 Å². The van der Waals surface area contributed by atoms with Gasteiger partial charge in [-0.1, -0.05) is 22.6 Å². The number of nitrogens with zero attached hydrogens (tertiary/aromatic N) is 1. The highest BCUT2D eigenvalue weighted by molar-refractivity contribution is 14.1. The van der Waals surface area contributed by atoms with E-state index in [9.17, 15) is 9.13 Å². The molecule has 1 N–H and O–H groups in total. The summed E-state index contributed by atoms with van der Waals surface area (Å²) in [4.78, 5) is 1.98. The van der Waals surface area contributed by atoms with E-state index in [0.29, 0.717) is 45.9 Å². The van der Waals surface area contributed by atoms with Crippen LogP contribution in [-0.2, 0) is 27.2 Å². The molecule has 0 radical (unpaired) electrons. The van der Waals surface area contributed by atoms with Gasteiger partial charge in [0, 0.05) is 26.2 Å². The van der Waals surface area contributed by atoms with Crippen molar-refractivity contribution >= 4 is 37.8 Å². The van der Waals surface area contributed by atoms with E-state index in [1.807, 2.05) is 27.5 Å². The predicted octanol–water partition coefficient (Wildman–Crippen LogP) is 3.58. The third kappa shape index (κ3) is 12.1. The van der Waals surface area contributed by atoms with Gasteiger partial charge in [0.05, 0.1) is 32.1 Å². The van der Waals surface area contributed by atoms with Gasteiger partial charge in [0.25, 0.3) is 0 Å². The molecule has 0 saturated carbocycles. The van der Waals surface area contributed by atoms with Gasteiger partial charge in [-0.15, -0.1) is 0 Å². The first-order valence-electron chi connectivity index (χ1n) is 8.54. The minimum atomic E-state index is -3.14. The Morgan fingerprint density at radius 3 is 1.64 bits per heavy atom. The fourth-order valence-electron chi connectivity index (χ4n) is 2.15. The Bertz CT molecular complexity index is 374. The summed E-state index contributed by atoms with van der Waals surface area (Å²) in [5.41, 5.74) is 0. The molecule has 8 nitrogen and oxygen atoms in total. The Balaban J connectivity index is 4.77. The maximum atomic E-state index is 12.6. The lowest BCUT2D eigenvalue weighted by atomic mass is 10.4. The average molecular weight is 515 g/mol. The van der Waals surface area contributed by atoms with Gasteiger partial charge in [0.2, 0.25) is 0 Å². The Morgan fingerprint density at radius 1 is 0.840 bits per heavy atom. The van der Waals surface area contributed by atoms with Crippen LogP contribution in [0.15, 0.2) is 0 Å². The Hall–Kier alpha value is 0.950. The second-order valence-corrected chi connectivity index (χ2v) is 10.1. The fraction of sp³-hybridized carbons (Fsp3) is 1.00. The van der Waals surface area contributed by atoms with Crippen LogP contribution >= 0.6 is 37.8 Å². The van der Waals surface area contributed by atoms with Gasteiger partial charge < -0.3 is 23.6 Å². The normalized spacial score (nSPS) is 14.8. The smallest absolute Gasteiger partial charge is 0.332 e. The molecule has 0 aliphatic carbocycles. The molecule has 1 atom stereocenters. The number of rotatable bonds is 17. The van der Waals surface area contributed by atoms with Crippen molar-refractivity contribution in [2.45, 2.75) is 27.2 Å². The Labute approximate surface area is 165 Å². The standard InChI is InChI=1S/C14H32INO7P2/c1-4-20-24(18,21-5-2)12-9-16(8-7-11-17)10-13-25(19,22-6-3)23-14-15/h17H,4-14H2,1-3H3. The number of aliphatic hydroxyl groups is 1. The lowest BCUT2D eigenvalue weighted by Gasteiger charge is -2.26. The zero-order valence-electron chi connectivity index (χ0n) is 15.4. The van der Waals surface area contributed by atoms with E-state index in [1.54, 1.807) is 20.8 Å². The summed E-state index contributed by atoms with van der Waals surface area (Å²) in [6.45, 7) is 7.81. The number of alkyl halides is 1. The quantitative estimate of drug-likeness (QED) is 0.179. The first kappa shape index (κ1) is 26.0. The van der Waals surface area contributed by atoms with Crippen LogP contribution < -0.4 is 0 Å². The molecule has 0 aliphatic rings. The second-order valence-electron chi connectivity index (χ2n) is 5.08. The lowest BCUT2D eigenvalue weighted by molar-refractivity contribution is 0.204. The first-order chi connectivity index (χ1) is 11.9. The molecule has 0 aromatic rings. The Kier molecular flexibility index (Phi) is 15.5. The molecule has 0 fully saturated rings. The maximum absolute atomic E-state index is 12.6. The molecule has 0 amide bonds. The van der Waals surface area contributed by atoms with Crippen molar-refractivity contribution in [1.29, 1.82) is 0 Å². The van der Waals surface area contributed by atoms with Crippen LogP contribution in [0.25, 0.3) is 0 Å². The third-order valence-electron chi connectivity index (χ3n) is 3.24. The number of hydrogen-bond acceptors (Lipinski definition) is 8. The summed E-state index contributed by atoms with van der Waals surface area (Å²) < 4.78 is 46.6. The predicted molar refractivity (Wildman–Crippen MR) is 108 cm³/mol. The number of hydrogen-bond donors (Lipinski definition) is 1. The fourth-order valence-corrected chi connectivity index (χ4v) is 6.48. The molecule has 1 unspecified atom stereocenters.